The van der Waals surface area contributed by atoms with Gasteiger partial charge in [0.1, 0.15) is 5.03 Å². The van der Waals surface area contributed by atoms with Crippen molar-refractivity contribution in [2.45, 2.75) is 22.7 Å². The molecule has 1 aromatic carbocycles. The maximum absolute atomic E-state index is 5.35. The molecule has 144 valence electrons. The number of hydrogen-bond acceptors (Lipinski definition) is 9. The highest BCUT2D eigenvalue weighted by Crippen LogP contribution is 2.36. The zero-order valence-corrected chi connectivity index (χ0v) is 17.7. The number of nitrogens with zero attached hydrogens (tertiary/aromatic N) is 4. The highest BCUT2D eigenvalue weighted by molar-refractivity contribution is 8.01. The molecular weight excluding hydrogens is 410 g/mol. The van der Waals surface area contributed by atoms with E-state index in [2.05, 4.69) is 15.5 Å². The Morgan fingerprint density at radius 3 is 2.89 bits per heavy atom. The van der Waals surface area contributed by atoms with Gasteiger partial charge in [-0.2, -0.15) is 0 Å². The van der Waals surface area contributed by atoms with Crippen molar-refractivity contribution in [2.75, 3.05) is 25.1 Å². The maximum atomic E-state index is 5.35. The van der Waals surface area contributed by atoms with Gasteiger partial charge < -0.3 is 10.1 Å². The number of para-hydroxylation sites is 1. The number of rotatable bonds is 9. The minimum Gasteiger partial charge on any atom is -0.382 e. The summed E-state index contributed by atoms with van der Waals surface area (Å²) >= 11 is 4.70. The summed E-state index contributed by atoms with van der Waals surface area (Å²) in [7, 11) is 0. The van der Waals surface area contributed by atoms with Gasteiger partial charge in [-0.05, 0) is 42.6 Å². The summed E-state index contributed by atoms with van der Waals surface area (Å²) in [6.07, 6.45) is 0.941. The van der Waals surface area contributed by atoms with Gasteiger partial charge in [-0.25, -0.2) is 9.97 Å². The maximum Gasteiger partial charge on any atom is 0.206 e. The van der Waals surface area contributed by atoms with Crippen molar-refractivity contribution in [3.05, 3.63) is 41.8 Å². The molecule has 0 aliphatic carbocycles. The van der Waals surface area contributed by atoms with E-state index in [0.717, 1.165) is 62.3 Å². The molecule has 28 heavy (non-hydrogen) atoms. The standard InChI is InChI=1S/C19H19N5OS3/c1-2-25-11-6-10-20-18-23-24-19(28-18)27-17-13-7-3-4-8-14(13)21-16(22-17)15-9-5-12-26-15/h3-5,7-9,12H,2,6,10-11H2,1H3,(H,20,23). The number of ether oxygens (including phenoxy) is 1. The predicted octanol–water partition coefficient (Wildman–Crippen LogP) is 5.20. The van der Waals surface area contributed by atoms with E-state index in [1.807, 2.05) is 48.7 Å². The smallest absolute Gasteiger partial charge is 0.206 e. The minimum atomic E-state index is 0.745. The Kier molecular flexibility index (Phi) is 6.48. The van der Waals surface area contributed by atoms with Crippen LogP contribution in [0.1, 0.15) is 13.3 Å². The molecule has 0 aliphatic heterocycles. The summed E-state index contributed by atoms with van der Waals surface area (Å²) in [5, 5.41) is 16.6. The van der Waals surface area contributed by atoms with E-state index in [1.54, 1.807) is 11.3 Å². The normalized spacial score (nSPS) is 11.2. The number of nitrogens with one attached hydrogen (secondary N) is 1. The van der Waals surface area contributed by atoms with Crippen molar-refractivity contribution in [2.24, 2.45) is 0 Å². The van der Waals surface area contributed by atoms with E-state index < -0.39 is 0 Å². The van der Waals surface area contributed by atoms with Crippen LogP contribution in [0.4, 0.5) is 5.13 Å². The third kappa shape index (κ3) is 4.67. The van der Waals surface area contributed by atoms with Crippen LogP contribution in [-0.2, 0) is 4.74 Å². The molecule has 3 heterocycles. The lowest BCUT2D eigenvalue weighted by atomic mass is 10.2. The average Bonchev–Trinajstić information content (AvgIpc) is 3.40. The monoisotopic (exact) mass is 429 g/mol. The van der Waals surface area contributed by atoms with Gasteiger partial charge in [0.25, 0.3) is 0 Å². The molecule has 9 heteroatoms. The molecule has 0 fully saturated rings. The summed E-state index contributed by atoms with van der Waals surface area (Å²) in [5.41, 5.74) is 0.933. The zero-order valence-electron chi connectivity index (χ0n) is 15.3. The van der Waals surface area contributed by atoms with Crippen molar-refractivity contribution in [3.63, 3.8) is 0 Å². The molecule has 0 saturated heterocycles. The van der Waals surface area contributed by atoms with Crippen LogP contribution in [-0.4, -0.2) is 39.9 Å². The number of anilines is 1. The third-order valence-corrected chi connectivity index (χ3v) is 6.65. The van der Waals surface area contributed by atoms with Crippen LogP contribution >= 0.6 is 34.4 Å². The highest BCUT2D eigenvalue weighted by Gasteiger charge is 2.14. The Hall–Kier alpha value is -2.07. The molecule has 6 nitrogen and oxygen atoms in total. The van der Waals surface area contributed by atoms with Crippen molar-refractivity contribution < 1.29 is 4.74 Å². The van der Waals surface area contributed by atoms with Crippen LogP contribution in [0.3, 0.4) is 0 Å². The minimum absolute atomic E-state index is 0.745. The second kappa shape index (κ2) is 9.42. The van der Waals surface area contributed by atoms with Gasteiger partial charge in [-0.3, -0.25) is 0 Å². The quantitative estimate of drug-likeness (QED) is 0.289. The van der Waals surface area contributed by atoms with Gasteiger partial charge in [-0.1, -0.05) is 35.6 Å². The molecule has 0 bridgehead atoms. The number of hydrogen-bond donors (Lipinski definition) is 1. The van der Waals surface area contributed by atoms with Crippen molar-refractivity contribution in [3.8, 4) is 10.7 Å². The summed E-state index contributed by atoms with van der Waals surface area (Å²) in [4.78, 5) is 10.6. The number of thiophene rings is 1. The fourth-order valence-corrected chi connectivity index (χ4v) is 5.02. The van der Waals surface area contributed by atoms with Crippen molar-refractivity contribution in [1.29, 1.82) is 0 Å². The summed E-state index contributed by atoms with van der Waals surface area (Å²) < 4.78 is 6.20. The SMILES string of the molecule is CCOCCCNc1nnc(Sc2nc(-c3cccs3)nc3ccccc23)s1. The van der Waals surface area contributed by atoms with E-state index in [4.69, 9.17) is 14.7 Å². The van der Waals surface area contributed by atoms with E-state index in [1.165, 1.54) is 23.1 Å². The molecule has 0 aliphatic rings. The number of fused-ring (bicyclic) bond motifs is 1. The first-order chi connectivity index (χ1) is 13.8. The molecule has 0 atom stereocenters. The number of aromatic nitrogens is 4. The summed E-state index contributed by atoms with van der Waals surface area (Å²) in [5.74, 6) is 0.745. The van der Waals surface area contributed by atoms with E-state index in [0.29, 0.717) is 0 Å². The lowest BCUT2D eigenvalue weighted by Gasteiger charge is -2.06. The van der Waals surface area contributed by atoms with Crippen molar-refractivity contribution in [1.82, 2.24) is 20.2 Å². The first-order valence-electron chi connectivity index (χ1n) is 8.97. The summed E-state index contributed by atoms with van der Waals surface area (Å²) in [6.45, 7) is 4.32. The third-order valence-electron chi connectivity index (χ3n) is 3.85. The molecular formula is C19H19N5OS3. The zero-order chi connectivity index (χ0) is 19.2. The molecule has 3 aromatic heterocycles. The van der Waals surface area contributed by atoms with Gasteiger partial charge in [0.05, 0.1) is 10.4 Å². The van der Waals surface area contributed by atoms with Gasteiger partial charge >= 0.3 is 0 Å². The Morgan fingerprint density at radius 2 is 2.04 bits per heavy atom. The second-order valence-electron chi connectivity index (χ2n) is 5.80. The molecule has 1 N–H and O–H groups in total. The first-order valence-corrected chi connectivity index (χ1v) is 11.5. The Balaban J connectivity index is 1.53. The van der Waals surface area contributed by atoms with Crippen molar-refractivity contribution >= 4 is 50.5 Å². The topological polar surface area (TPSA) is 72.8 Å². The molecule has 0 saturated carbocycles. The van der Waals surface area contributed by atoms with Crippen LogP contribution in [0.15, 0.2) is 51.1 Å². The number of benzene rings is 1. The van der Waals surface area contributed by atoms with E-state index >= 15 is 0 Å². The predicted molar refractivity (Wildman–Crippen MR) is 116 cm³/mol. The van der Waals surface area contributed by atoms with Gasteiger partial charge in [0, 0.05) is 25.1 Å². The van der Waals surface area contributed by atoms with E-state index in [9.17, 15) is 0 Å². The van der Waals surface area contributed by atoms with Crippen LogP contribution in [0, 0.1) is 0 Å². The van der Waals surface area contributed by atoms with Gasteiger partial charge in [0.15, 0.2) is 10.2 Å². The Labute approximate surface area is 175 Å². The van der Waals surface area contributed by atoms with Crippen LogP contribution in [0.2, 0.25) is 0 Å². The molecule has 4 aromatic rings. The Bertz CT molecular complexity index is 1040. The van der Waals surface area contributed by atoms with Crippen LogP contribution in [0.25, 0.3) is 21.6 Å². The fraction of sp³-hybridized carbons (Fsp3) is 0.263. The second-order valence-corrected chi connectivity index (χ2v) is 8.96. The first kappa shape index (κ1) is 19.3. The molecule has 4 rings (SSSR count). The highest BCUT2D eigenvalue weighted by atomic mass is 32.2. The average molecular weight is 430 g/mol. The Morgan fingerprint density at radius 1 is 1.11 bits per heavy atom. The lowest BCUT2D eigenvalue weighted by Crippen LogP contribution is -2.05. The molecule has 0 unspecified atom stereocenters. The van der Waals surface area contributed by atoms with Gasteiger partial charge in [0.2, 0.25) is 5.13 Å². The van der Waals surface area contributed by atoms with Crippen LogP contribution in [0.5, 0.6) is 0 Å². The van der Waals surface area contributed by atoms with Gasteiger partial charge in [-0.15, -0.1) is 21.5 Å². The summed E-state index contributed by atoms with van der Waals surface area (Å²) in [6, 6.07) is 12.1. The fourth-order valence-electron chi connectivity index (χ4n) is 2.56. The van der Waals surface area contributed by atoms with Crippen LogP contribution < -0.4 is 5.32 Å². The lowest BCUT2D eigenvalue weighted by molar-refractivity contribution is 0.147. The largest absolute Gasteiger partial charge is 0.382 e. The molecule has 0 radical (unpaired) electrons. The molecule has 0 amide bonds. The van der Waals surface area contributed by atoms with E-state index in [-0.39, 0.29) is 0 Å². The molecule has 0 spiro atoms.